The van der Waals surface area contributed by atoms with Crippen LogP contribution in [-0.2, 0) is 6.42 Å². The molecule has 0 radical (unpaired) electrons. The molecule has 4 nitrogen and oxygen atoms in total. The van der Waals surface area contributed by atoms with Gasteiger partial charge in [-0.2, -0.15) is 16.3 Å². The Labute approximate surface area is 92.3 Å². The predicted molar refractivity (Wildman–Crippen MR) is 60.1 cm³/mol. The first kappa shape index (κ1) is 10.2. The van der Waals surface area contributed by atoms with E-state index < -0.39 is 0 Å². The molecule has 0 aliphatic carbocycles. The molecule has 0 spiro atoms. The number of thiophene rings is 1. The topological polar surface area (TPSA) is 51.0 Å². The maximum Gasteiger partial charge on any atom is 0.321 e. The molecule has 0 fully saturated rings. The monoisotopic (exact) mass is 223 g/mol. The molecule has 2 aromatic rings. The molecule has 0 aromatic carbocycles. The van der Waals surface area contributed by atoms with Gasteiger partial charge in [0.15, 0.2) is 5.82 Å². The Bertz CT molecular complexity index is 410. The first-order chi connectivity index (χ1) is 7.24. The van der Waals surface area contributed by atoms with Gasteiger partial charge in [-0.15, -0.1) is 0 Å². The van der Waals surface area contributed by atoms with E-state index >= 15 is 0 Å². The van der Waals surface area contributed by atoms with Gasteiger partial charge in [0.05, 0.1) is 0 Å². The molecule has 1 atom stereocenters. The molecule has 0 saturated heterocycles. The number of rotatable bonds is 4. The number of aromatic nitrogens is 2. The number of hydrogen-bond acceptors (Lipinski definition) is 5. The first-order valence-corrected chi connectivity index (χ1v) is 5.76. The van der Waals surface area contributed by atoms with Crippen LogP contribution in [0.5, 0.6) is 0 Å². The van der Waals surface area contributed by atoms with E-state index in [4.69, 9.17) is 4.52 Å². The van der Waals surface area contributed by atoms with Crippen LogP contribution in [0.1, 0.15) is 18.3 Å². The molecule has 0 aliphatic heterocycles. The normalized spacial score (nSPS) is 12.7. The molecule has 1 N–H and O–H groups in total. The van der Waals surface area contributed by atoms with Crippen molar-refractivity contribution in [3.63, 3.8) is 0 Å². The summed E-state index contributed by atoms with van der Waals surface area (Å²) in [4.78, 5) is 4.09. The second-order valence-electron chi connectivity index (χ2n) is 3.53. The van der Waals surface area contributed by atoms with Crippen molar-refractivity contribution >= 4 is 17.4 Å². The molecule has 0 aliphatic rings. The zero-order valence-electron chi connectivity index (χ0n) is 8.73. The van der Waals surface area contributed by atoms with Crippen molar-refractivity contribution in [3.8, 4) is 0 Å². The minimum Gasteiger partial charge on any atom is -0.335 e. The van der Waals surface area contributed by atoms with Gasteiger partial charge in [0, 0.05) is 6.04 Å². The number of aryl methyl sites for hydroxylation is 1. The third-order valence-electron chi connectivity index (χ3n) is 2.02. The van der Waals surface area contributed by atoms with E-state index in [1.807, 2.05) is 0 Å². The van der Waals surface area contributed by atoms with E-state index in [0.29, 0.717) is 17.9 Å². The summed E-state index contributed by atoms with van der Waals surface area (Å²) in [5, 5.41) is 11.1. The van der Waals surface area contributed by atoms with E-state index in [2.05, 4.69) is 39.2 Å². The molecule has 2 heterocycles. The fraction of sp³-hybridized carbons (Fsp3) is 0.400. The van der Waals surface area contributed by atoms with E-state index in [9.17, 15) is 0 Å². The van der Waals surface area contributed by atoms with Crippen molar-refractivity contribution < 1.29 is 4.52 Å². The SMILES string of the molecule is Cc1noc(NC(C)Cc2ccsc2)n1. The Balaban J connectivity index is 1.90. The molecule has 2 rings (SSSR count). The maximum absolute atomic E-state index is 4.98. The maximum atomic E-state index is 4.98. The van der Waals surface area contributed by atoms with Gasteiger partial charge < -0.3 is 9.84 Å². The van der Waals surface area contributed by atoms with Gasteiger partial charge in [0.1, 0.15) is 0 Å². The van der Waals surface area contributed by atoms with Crippen LogP contribution in [-0.4, -0.2) is 16.2 Å². The largest absolute Gasteiger partial charge is 0.335 e. The second kappa shape index (κ2) is 4.44. The summed E-state index contributed by atoms with van der Waals surface area (Å²) in [5.74, 6) is 0.653. The lowest BCUT2D eigenvalue weighted by molar-refractivity contribution is 0.422. The zero-order chi connectivity index (χ0) is 10.7. The molecule has 2 aromatic heterocycles. The van der Waals surface area contributed by atoms with Crippen molar-refractivity contribution in [2.45, 2.75) is 26.3 Å². The van der Waals surface area contributed by atoms with Crippen LogP contribution >= 0.6 is 11.3 Å². The average Bonchev–Trinajstić information content (AvgIpc) is 2.77. The highest BCUT2D eigenvalue weighted by molar-refractivity contribution is 7.07. The van der Waals surface area contributed by atoms with Crippen molar-refractivity contribution in [2.75, 3.05) is 5.32 Å². The van der Waals surface area contributed by atoms with Crippen LogP contribution in [0.15, 0.2) is 21.3 Å². The number of nitrogens with one attached hydrogen (secondary N) is 1. The highest BCUT2D eigenvalue weighted by Crippen LogP contribution is 2.11. The van der Waals surface area contributed by atoms with E-state index in [1.165, 1.54) is 5.56 Å². The van der Waals surface area contributed by atoms with Gasteiger partial charge >= 0.3 is 6.01 Å². The van der Waals surface area contributed by atoms with Gasteiger partial charge in [-0.05, 0) is 42.7 Å². The van der Waals surface area contributed by atoms with Crippen LogP contribution in [0.25, 0.3) is 0 Å². The van der Waals surface area contributed by atoms with Gasteiger partial charge in [0.25, 0.3) is 0 Å². The Morgan fingerprint density at radius 1 is 1.60 bits per heavy atom. The van der Waals surface area contributed by atoms with Crippen molar-refractivity contribution in [3.05, 3.63) is 28.2 Å². The number of nitrogens with zero attached hydrogens (tertiary/aromatic N) is 2. The summed E-state index contributed by atoms with van der Waals surface area (Å²) in [7, 11) is 0. The van der Waals surface area contributed by atoms with Gasteiger partial charge in [-0.25, -0.2) is 0 Å². The smallest absolute Gasteiger partial charge is 0.321 e. The molecule has 0 saturated carbocycles. The van der Waals surface area contributed by atoms with Gasteiger partial charge in [-0.1, -0.05) is 5.16 Å². The molecule has 80 valence electrons. The third-order valence-corrected chi connectivity index (χ3v) is 2.75. The summed E-state index contributed by atoms with van der Waals surface area (Å²) in [6, 6.07) is 2.91. The lowest BCUT2D eigenvalue weighted by Crippen LogP contribution is -2.17. The Morgan fingerprint density at radius 2 is 2.47 bits per heavy atom. The third kappa shape index (κ3) is 2.79. The summed E-state index contributed by atoms with van der Waals surface area (Å²) >= 11 is 1.71. The van der Waals surface area contributed by atoms with Crippen molar-refractivity contribution in [1.29, 1.82) is 0 Å². The minimum absolute atomic E-state index is 0.291. The van der Waals surface area contributed by atoms with Crippen molar-refractivity contribution in [1.82, 2.24) is 10.1 Å². The van der Waals surface area contributed by atoms with Crippen LogP contribution < -0.4 is 5.32 Å². The van der Waals surface area contributed by atoms with Crippen LogP contribution in [0.3, 0.4) is 0 Å². The first-order valence-electron chi connectivity index (χ1n) is 4.82. The standard InChI is InChI=1S/C10H13N3OS/c1-7(5-9-3-4-15-6-9)11-10-12-8(2)13-14-10/h3-4,6-7H,5H2,1-2H3,(H,11,12,13). The van der Waals surface area contributed by atoms with Gasteiger partial charge in [-0.3, -0.25) is 0 Å². The fourth-order valence-electron chi connectivity index (χ4n) is 1.38. The molecule has 0 bridgehead atoms. The molecule has 15 heavy (non-hydrogen) atoms. The highest BCUT2D eigenvalue weighted by atomic mass is 32.1. The molecular formula is C10H13N3OS. The Morgan fingerprint density at radius 3 is 3.07 bits per heavy atom. The van der Waals surface area contributed by atoms with E-state index in [1.54, 1.807) is 18.3 Å². The Hall–Kier alpha value is -1.36. The lowest BCUT2D eigenvalue weighted by Gasteiger charge is -2.09. The quantitative estimate of drug-likeness (QED) is 0.865. The molecule has 0 amide bonds. The number of anilines is 1. The Kier molecular flexibility index (Phi) is 3.01. The fourth-order valence-corrected chi connectivity index (χ4v) is 2.06. The molecule has 5 heteroatoms. The lowest BCUT2D eigenvalue weighted by atomic mass is 10.1. The predicted octanol–water partition coefficient (Wildman–Crippen LogP) is 2.48. The van der Waals surface area contributed by atoms with Gasteiger partial charge in [0.2, 0.25) is 0 Å². The number of hydrogen-bond donors (Lipinski definition) is 1. The van der Waals surface area contributed by atoms with Crippen molar-refractivity contribution in [2.24, 2.45) is 0 Å². The van der Waals surface area contributed by atoms with E-state index in [0.717, 1.165) is 6.42 Å². The molecular weight excluding hydrogens is 210 g/mol. The van der Waals surface area contributed by atoms with E-state index in [-0.39, 0.29) is 0 Å². The van der Waals surface area contributed by atoms with Crippen LogP contribution in [0.2, 0.25) is 0 Å². The van der Waals surface area contributed by atoms with Crippen LogP contribution in [0.4, 0.5) is 6.01 Å². The zero-order valence-corrected chi connectivity index (χ0v) is 9.54. The second-order valence-corrected chi connectivity index (χ2v) is 4.31. The summed E-state index contributed by atoms with van der Waals surface area (Å²) in [6.07, 6.45) is 0.963. The minimum atomic E-state index is 0.291. The summed E-state index contributed by atoms with van der Waals surface area (Å²) in [6.45, 7) is 3.90. The van der Waals surface area contributed by atoms with Crippen LogP contribution in [0, 0.1) is 6.92 Å². The highest BCUT2D eigenvalue weighted by Gasteiger charge is 2.08. The summed E-state index contributed by atoms with van der Waals surface area (Å²) in [5.41, 5.74) is 1.33. The summed E-state index contributed by atoms with van der Waals surface area (Å²) < 4.78 is 4.98. The average molecular weight is 223 g/mol. The molecule has 1 unspecified atom stereocenters.